The number of carbonyl (C=O) groups is 1. The van der Waals surface area contributed by atoms with Gasteiger partial charge in [0.1, 0.15) is 17.2 Å². The molecule has 4 atom stereocenters. The van der Waals surface area contributed by atoms with Crippen molar-refractivity contribution in [3.8, 4) is 5.75 Å². The third-order valence-corrected chi connectivity index (χ3v) is 4.82. The van der Waals surface area contributed by atoms with Crippen LogP contribution in [0.25, 0.3) is 0 Å². The molecule has 1 fully saturated rings. The topological polar surface area (TPSA) is 67.8 Å². The molecule has 0 saturated carbocycles. The molecule has 1 heterocycles. The number of rotatable bonds is 7. The first-order valence-electron chi connectivity index (χ1n) is 7.50. The number of aliphatic carboxylic acids is 1. The molecule has 1 aliphatic heterocycles. The Balaban J connectivity index is 2.00. The maximum absolute atomic E-state index is 11.3. The summed E-state index contributed by atoms with van der Waals surface area (Å²) in [6, 6.07) is 7.21. The SMILES string of the molecule is CCOc1cccc(SC2C[C@@H](C)[C@H](C(NC)C(=O)O)O2)c1. The number of thioether (sulfide) groups is 1. The van der Waals surface area contributed by atoms with Gasteiger partial charge >= 0.3 is 5.97 Å². The number of hydrogen-bond acceptors (Lipinski definition) is 5. The first kappa shape index (κ1) is 17.1. The van der Waals surface area contributed by atoms with Crippen LogP contribution >= 0.6 is 11.8 Å². The molecule has 0 aliphatic carbocycles. The van der Waals surface area contributed by atoms with Gasteiger partial charge in [-0.3, -0.25) is 4.79 Å². The van der Waals surface area contributed by atoms with Gasteiger partial charge in [0.05, 0.1) is 12.7 Å². The van der Waals surface area contributed by atoms with Crippen molar-refractivity contribution in [2.45, 2.75) is 42.7 Å². The summed E-state index contributed by atoms with van der Waals surface area (Å²) in [5, 5.41) is 12.1. The Bertz CT molecular complexity index is 511. The van der Waals surface area contributed by atoms with Gasteiger partial charge in [0, 0.05) is 4.90 Å². The van der Waals surface area contributed by atoms with Gasteiger partial charge in [0.15, 0.2) is 0 Å². The summed E-state index contributed by atoms with van der Waals surface area (Å²) in [5.41, 5.74) is -0.0351. The van der Waals surface area contributed by atoms with Crippen molar-refractivity contribution >= 4 is 17.7 Å². The first-order chi connectivity index (χ1) is 10.5. The summed E-state index contributed by atoms with van der Waals surface area (Å²) in [5.74, 6) is 0.165. The highest BCUT2D eigenvalue weighted by molar-refractivity contribution is 7.99. The molecule has 0 spiro atoms. The largest absolute Gasteiger partial charge is 0.494 e. The van der Waals surface area contributed by atoms with Gasteiger partial charge < -0.3 is 19.9 Å². The second-order valence-electron chi connectivity index (χ2n) is 5.37. The number of carboxylic acid groups (broad SMARTS) is 1. The van der Waals surface area contributed by atoms with E-state index in [4.69, 9.17) is 9.47 Å². The third kappa shape index (κ3) is 4.15. The molecule has 1 saturated heterocycles. The lowest BCUT2D eigenvalue weighted by atomic mass is 9.98. The predicted molar refractivity (Wildman–Crippen MR) is 86.4 cm³/mol. The van der Waals surface area contributed by atoms with Crippen LogP contribution in [0.1, 0.15) is 20.3 Å². The van der Waals surface area contributed by atoms with Crippen LogP contribution in [-0.4, -0.2) is 42.3 Å². The van der Waals surface area contributed by atoms with E-state index in [2.05, 4.69) is 5.32 Å². The van der Waals surface area contributed by atoms with Crippen molar-refractivity contribution in [1.29, 1.82) is 0 Å². The molecule has 1 aliphatic rings. The zero-order chi connectivity index (χ0) is 16.1. The molecule has 2 N–H and O–H groups in total. The van der Waals surface area contributed by atoms with E-state index in [-0.39, 0.29) is 17.5 Å². The molecular weight excluding hydrogens is 302 g/mol. The minimum absolute atomic E-state index is 0.0351. The number of carboxylic acids is 1. The summed E-state index contributed by atoms with van der Waals surface area (Å²) in [7, 11) is 1.65. The molecule has 6 heteroatoms. The molecule has 1 aromatic carbocycles. The lowest BCUT2D eigenvalue weighted by Crippen LogP contribution is -2.46. The molecule has 2 unspecified atom stereocenters. The van der Waals surface area contributed by atoms with E-state index in [1.165, 1.54) is 0 Å². The van der Waals surface area contributed by atoms with E-state index >= 15 is 0 Å². The molecule has 0 aromatic heterocycles. The monoisotopic (exact) mass is 325 g/mol. The van der Waals surface area contributed by atoms with Gasteiger partial charge in [-0.05, 0) is 44.5 Å². The van der Waals surface area contributed by atoms with Crippen molar-refractivity contribution in [2.24, 2.45) is 5.92 Å². The fourth-order valence-corrected chi connectivity index (χ4v) is 3.90. The van der Waals surface area contributed by atoms with Crippen molar-refractivity contribution in [2.75, 3.05) is 13.7 Å². The molecule has 22 heavy (non-hydrogen) atoms. The summed E-state index contributed by atoms with van der Waals surface area (Å²) in [6.45, 7) is 4.63. The van der Waals surface area contributed by atoms with Gasteiger partial charge in [-0.15, -0.1) is 0 Å². The van der Waals surface area contributed by atoms with Gasteiger partial charge in [-0.1, -0.05) is 24.8 Å². The summed E-state index contributed by atoms with van der Waals surface area (Å²) >= 11 is 1.62. The van der Waals surface area contributed by atoms with Crippen LogP contribution in [0, 0.1) is 5.92 Å². The summed E-state index contributed by atoms with van der Waals surface area (Å²) < 4.78 is 11.5. The van der Waals surface area contributed by atoms with E-state index < -0.39 is 12.0 Å². The van der Waals surface area contributed by atoms with Crippen molar-refractivity contribution in [3.63, 3.8) is 0 Å². The van der Waals surface area contributed by atoms with Crippen molar-refractivity contribution in [3.05, 3.63) is 24.3 Å². The van der Waals surface area contributed by atoms with E-state index in [0.717, 1.165) is 17.1 Å². The molecule has 2 rings (SSSR count). The lowest BCUT2D eigenvalue weighted by molar-refractivity contribution is -0.143. The highest BCUT2D eigenvalue weighted by Crippen LogP contribution is 2.38. The van der Waals surface area contributed by atoms with Gasteiger partial charge in [0.25, 0.3) is 0 Å². The van der Waals surface area contributed by atoms with Gasteiger partial charge in [-0.2, -0.15) is 0 Å². The maximum atomic E-state index is 11.3. The molecule has 5 nitrogen and oxygen atoms in total. The van der Waals surface area contributed by atoms with E-state index in [1.807, 2.05) is 38.1 Å². The minimum Gasteiger partial charge on any atom is -0.494 e. The molecule has 0 amide bonds. The van der Waals surface area contributed by atoms with Crippen LogP contribution in [0.4, 0.5) is 0 Å². The average molecular weight is 325 g/mol. The minimum atomic E-state index is -0.872. The zero-order valence-electron chi connectivity index (χ0n) is 13.1. The number of nitrogens with one attached hydrogen (secondary N) is 1. The smallest absolute Gasteiger partial charge is 0.323 e. The zero-order valence-corrected chi connectivity index (χ0v) is 13.9. The highest BCUT2D eigenvalue weighted by atomic mass is 32.2. The Morgan fingerprint density at radius 1 is 1.59 bits per heavy atom. The van der Waals surface area contributed by atoms with Crippen molar-refractivity contribution in [1.82, 2.24) is 5.32 Å². The standard InChI is InChI=1S/C16H23NO4S/c1-4-20-11-6-5-7-12(9-11)22-13-8-10(2)15(21-13)14(17-3)16(18)19/h5-7,9-10,13-15,17H,4,8H2,1-3H3,(H,18,19)/t10-,13?,14?,15-/m1/s1. The van der Waals surface area contributed by atoms with Crippen LogP contribution in [0.2, 0.25) is 0 Å². The fraction of sp³-hybridized carbons (Fsp3) is 0.562. The third-order valence-electron chi connectivity index (χ3n) is 3.72. The number of benzene rings is 1. The molecule has 0 radical (unpaired) electrons. The maximum Gasteiger partial charge on any atom is 0.323 e. The quantitative estimate of drug-likeness (QED) is 0.803. The second kappa shape index (κ2) is 7.85. The predicted octanol–water partition coefficient (Wildman–Crippen LogP) is 2.60. The van der Waals surface area contributed by atoms with E-state index in [9.17, 15) is 9.90 Å². The Morgan fingerprint density at radius 2 is 2.36 bits per heavy atom. The highest BCUT2D eigenvalue weighted by Gasteiger charge is 2.40. The first-order valence-corrected chi connectivity index (χ1v) is 8.38. The fourth-order valence-electron chi connectivity index (χ4n) is 2.67. The lowest BCUT2D eigenvalue weighted by Gasteiger charge is -2.22. The molecule has 122 valence electrons. The van der Waals surface area contributed by atoms with Crippen LogP contribution in [0.15, 0.2) is 29.2 Å². The normalized spacial score (nSPS) is 25.9. The average Bonchev–Trinajstić information content (AvgIpc) is 2.81. The van der Waals surface area contributed by atoms with Crippen LogP contribution in [0.3, 0.4) is 0 Å². The Hall–Kier alpha value is -1.24. The molecule has 0 bridgehead atoms. The van der Waals surface area contributed by atoms with Crippen LogP contribution < -0.4 is 10.1 Å². The van der Waals surface area contributed by atoms with E-state index in [0.29, 0.717) is 6.61 Å². The summed E-state index contributed by atoms with van der Waals surface area (Å²) in [4.78, 5) is 12.3. The van der Waals surface area contributed by atoms with Crippen LogP contribution in [0.5, 0.6) is 5.75 Å². The van der Waals surface area contributed by atoms with Gasteiger partial charge in [0.2, 0.25) is 0 Å². The Labute approximate surface area is 135 Å². The molecular formula is C16H23NO4S. The Morgan fingerprint density at radius 3 is 3.00 bits per heavy atom. The number of likely N-dealkylation sites (N-methyl/N-ethyl adjacent to an activating group) is 1. The van der Waals surface area contributed by atoms with Crippen LogP contribution in [-0.2, 0) is 9.53 Å². The number of hydrogen-bond donors (Lipinski definition) is 2. The second-order valence-corrected chi connectivity index (χ2v) is 6.61. The molecule has 1 aromatic rings. The van der Waals surface area contributed by atoms with E-state index in [1.54, 1.807) is 18.8 Å². The summed E-state index contributed by atoms with van der Waals surface area (Å²) in [6.07, 6.45) is 0.523. The Kier molecular flexibility index (Phi) is 6.11. The number of ether oxygens (including phenoxy) is 2. The van der Waals surface area contributed by atoms with Gasteiger partial charge in [-0.25, -0.2) is 0 Å². The van der Waals surface area contributed by atoms with Crippen molar-refractivity contribution < 1.29 is 19.4 Å².